The van der Waals surface area contributed by atoms with Gasteiger partial charge >= 0.3 is 0 Å². The predicted octanol–water partition coefficient (Wildman–Crippen LogP) is 1.95. The van der Waals surface area contributed by atoms with Crippen LogP contribution in [-0.2, 0) is 0 Å². The van der Waals surface area contributed by atoms with Gasteiger partial charge < -0.3 is 11.1 Å². The van der Waals surface area contributed by atoms with E-state index in [2.05, 4.69) is 22.1 Å². The van der Waals surface area contributed by atoms with Gasteiger partial charge in [-0.25, -0.2) is 4.98 Å². The van der Waals surface area contributed by atoms with E-state index < -0.39 is 0 Å². The van der Waals surface area contributed by atoms with E-state index in [4.69, 9.17) is 5.73 Å². The van der Waals surface area contributed by atoms with Crippen LogP contribution in [0.25, 0.3) is 0 Å². The zero-order valence-corrected chi connectivity index (χ0v) is 11.2. The number of carbonyl (C=O) groups excluding carboxylic acids is 1. The highest BCUT2D eigenvalue weighted by atomic mass is 16.1. The number of rotatable bonds is 2. The number of anilines is 1. The maximum Gasteiger partial charge on any atom is 0.275 e. The number of nitrogens with zero attached hydrogens (tertiary/aromatic N) is 1. The van der Waals surface area contributed by atoms with Gasteiger partial charge in [0.25, 0.3) is 5.91 Å². The van der Waals surface area contributed by atoms with Gasteiger partial charge in [-0.3, -0.25) is 4.79 Å². The van der Waals surface area contributed by atoms with Crippen LogP contribution >= 0.6 is 0 Å². The second-order valence-corrected chi connectivity index (χ2v) is 4.23. The summed E-state index contributed by atoms with van der Waals surface area (Å²) in [4.78, 5) is 16.3. The summed E-state index contributed by atoms with van der Waals surface area (Å²) in [6.45, 7) is 2.21. The standard InChI is InChI=1S/C16H15N3O/c1-12-5-2-8-14(11-12)19-16(20)15-13(6-3-9-17)7-4-10-18-15/h2,4-5,7-8,10-11H,9,17H2,1H3,(H,19,20). The molecule has 0 spiro atoms. The summed E-state index contributed by atoms with van der Waals surface area (Å²) in [5, 5.41) is 2.82. The first-order chi connectivity index (χ1) is 9.70. The van der Waals surface area contributed by atoms with Gasteiger partial charge in [-0.15, -0.1) is 0 Å². The summed E-state index contributed by atoms with van der Waals surface area (Å²) >= 11 is 0. The molecular formula is C16H15N3O. The number of carbonyl (C=O) groups is 1. The first-order valence-corrected chi connectivity index (χ1v) is 6.22. The Kier molecular flexibility index (Phi) is 4.48. The van der Waals surface area contributed by atoms with E-state index in [0.717, 1.165) is 11.3 Å². The van der Waals surface area contributed by atoms with E-state index >= 15 is 0 Å². The molecule has 0 unspecified atom stereocenters. The van der Waals surface area contributed by atoms with Crippen molar-refractivity contribution in [2.45, 2.75) is 6.92 Å². The molecule has 0 atom stereocenters. The molecule has 0 aliphatic carbocycles. The SMILES string of the molecule is Cc1cccc(NC(=O)c2ncccc2C#CCN)c1. The molecule has 2 rings (SSSR count). The Labute approximate surface area is 118 Å². The lowest BCUT2D eigenvalue weighted by Crippen LogP contribution is -2.15. The zero-order chi connectivity index (χ0) is 14.4. The number of aromatic nitrogens is 1. The highest BCUT2D eigenvalue weighted by molar-refractivity contribution is 6.04. The quantitative estimate of drug-likeness (QED) is 0.815. The van der Waals surface area contributed by atoms with Crippen molar-refractivity contribution >= 4 is 11.6 Å². The third-order valence-electron chi connectivity index (χ3n) is 2.62. The van der Waals surface area contributed by atoms with Gasteiger partial charge in [-0.1, -0.05) is 24.0 Å². The van der Waals surface area contributed by atoms with Crippen molar-refractivity contribution in [1.29, 1.82) is 0 Å². The molecule has 4 heteroatoms. The van der Waals surface area contributed by atoms with Crippen LogP contribution in [0, 0.1) is 18.8 Å². The van der Waals surface area contributed by atoms with Gasteiger partial charge in [0.1, 0.15) is 5.69 Å². The fourth-order valence-electron chi connectivity index (χ4n) is 1.75. The molecule has 1 amide bonds. The van der Waals surface area contributed by atoms with Crippen molar-refractivity contribution < 1.29 is 4.79 Å². The molecule has 0 saturated heterocycles. The maximum absolute atomic E-state index is 12.2. The summed E-state index contributed by atoms with van der Waals surface area (Å²) in [7, 11) is 0. The normalized spacial score (nSPS) is 9.50. The summed E-state index contributed by atoms with van der Waals surface area (Å²) in [5.74, 6) is 5.30. The minimum Gasteiger partial charge on any atom is -0.321 e. The maximum atomic E-state index is 12.2. The summed E-state index contributed by atoms with van der Waals surface area (Å²) in [6, 6.07) is 11.1. The van der Waals surface area contributed by atoms with E-state index in [9.17, 15) is 4.79 Å². The molecule has 20 heavy (non-hydrogen) atoms. The Balaban J connectivity index is 2.25. The van der Waals surface area contributed by atoms with Crippen LogP contribution in [0.4, 0.5) is 5.69 Å². The van der Waals surface area contributed by atoms with Gasteiger partial charge in [0, 0.05) is 11.9 Å². The van der Waals surface area contributed by atoms with Crippen LogP contribution in [0.15, 0.2) is 42.6 Å². The second-order valence-electron chi connectivity index (χ2n) is 4.23. The van der Waals surface area contributed by atoms with Crippen LogP contribution in [-0.4, -0.2) is 17.4 Å². The van der Waals surface area contributed by atoms with E-state index in [1.165, 1.54) is 0 Å². The van der Waals surface area contributed by atoms with Gasteiger partial charge in [0.15, 0.2) is 0 Å². The van der Waals surface area contributed by atoms with Crippen molar-refractivity contribution in [3.63, 3.8) is 0 Å². The topological polar surface area (TPSA) is 68.0 Å². The summed E-state index contributed by atoms with van der Waals surface area (Å²) in [5.41, 5.74) is 8.03. The van der Waals surface area contributed by atoms with E-state index in [1.54, 1.807) is 18.3 Å². The third-order valence-corrected chi connectivity index (χ3v) is 2.62. The summed E-state index contributed by atoms with van der Waals surface area (Å²) in [6.07, 6.45) is 1.57. The van der Waals surface area contributed by atoms with Crippen LogP contribution in [0.3, 0.4) is 0 Å². The average Bonchev–Trinajstić information content (AvgIpc) is 2.45. The number of hydrogen-bond acceptors (Lipinski definition) is 3. The number of nitrogens with two attached hydrogens (primary N) is 1. The molecule has 1 aromatic heterocycles. The smallest absolute Gasteiger partial charge is 0.275 e. The molecule has 0 radical (unpaired) electrons. The predicted molar refractivity (Wildman–Crippen MR) is 79.3 cm³/mol. The van der Waals surface area contributed by atoms with Crippen molar-refractivity contribution in [2.24, 2.45) is 5.73 Å². The van der Waals surface area contributed by atoms with E-state index in [1.807, 2.05) is 31.2 Å². The fourth-order valence-corrected chi connectivity index (χ4v) is 1.75. The highest BCUT2D eigenvalue weighted by Crippen LogP contribution is 2.12. The number of aryl methyl sites for hydroxylation is 1. The molecule has 0 bridgehead atoms. The number of hydrogen-bond donors (Lipinski definition) is 2. The average molecular weight is 265 g/mol. The van der Waals surface area contributed by atoms with Gasteiger partial charge in [0.2, 0.25) is 0 Å². The van der Waals surface area contributed by atoms with Crippen LogP contribution in [0.2, 0.25) is 0 Å². The number of benzene rings is 1. The van der Waals surface area contributed by atoms with Gasteiger partial charge in [-0.2, -0.15) is 0 Å². The van der Waals surface area contributed by atoms with Gasteiger partial charge in [0.05, 0.1) is 12.1 Å². The fraction of sp³-hybridized carbons (Fsp3) is 0.125. The second kappa shape index (κ2) is 6.50. The lowest BCUT2D eigenvalue weighted by molar-refractivity contribution is 0.102. The minimum atomic E-state index is -0.280. The lowest BCUT2D eigenvalue weighted by atomic mass is 10.1. The zero-order valence-electron chi connectivity index (χ0n) is 11.2. The van der Waals surface area contributed by atoms with Crippen molar-refractivity contribution in [2.75, 3.05) is 11.9 Å². The Hall–Kier alpha value is -2.64. The van der Waals surface area contributed by atoms with E-state index in [0.29, 0.717) is 11.3 Å². The molecule has 100 valence electrons. The first kappa shape index (κ1) is 13.8. The number of amides is 1. The van der Waals surface area contributed by atoms with Crippen LogP contribution in [0.5, 0.6) is 0 Å². The monoisotopic (exact) mass is 265 g/mol. The van der Waals surface area contributed by atoms with Crippen molar-refractivity contribution in [3.8, 4) is 11.8 Å². The number of nitrogens with one attached hydrogen (secondary N) is 1. The van der Waals surface area contributed by atoms with Crippen molar-refractivity contribution in [3.05, 3.63) is 59.4 Å². The molecule has 0 saturated carbocycles. The minimum absolute atomic E-state index is 0.244. The molecule has 1 aromatic carbocycles. The lowest BCUT2D eigenvalue weighted by Gasteiger charge is -2.06. The summed E-state index contributed by atoms with van der Waals surface area (Å²) < 4.78 is 0. The Morgan fingerprint density at radius 1 is 1.35 bits per heavy atom. The number of pyridine rings is 1. The largest absolute Gasteiger partial charge is 0.321 e. The molecule has 0 fully saturated rings. The van der Waals surface area contributed by atoms with Crippen LogP contribution in [0.1, 0.15) is 21.6 Å². The van der Waals surface area contributed by atoms with Crippen LogP contribution < -0.4 is 11.1 Å². The van der Waals surface area contributed by atoms with E-state index in [-0.39, 0.29) is 12.5 Å². The third kappa shape index (κ3) is 3.44. The Morgan fingerprint density at radius 3 is 2.95 bits per heavy atom. The molecule has 2 aromatic rings. The molecule has 0 aliphatic rings. The molecular weight excluding hydrogens is 250 g/mol. The Morgan fingerprint density at radius 2 is 2.20 bits per heavy atom. The Bertz CT molecular complexity index is 683. The van der Waals surface area contributed by atoms with Gasteiger partial charge in [-0.05, 0) is 36.8 Å². The van der Waals surface area contributed by atoms with Crippen molar-refractivity contribution in [1.82, 2.24) is 4.98 Å². The highest BCUT2D eigenvalue weighted by Gasteiger charge is 2.11. The molecule has 0 aliphatic heterocycles. The molecule has 4 nitrogen and oxygen atoms in total. The molecule has 3 N–H and O–H groups in total. The first-order valence-electron chi connectivity index (χ1n) is 6.22. The molecule has 1 heterocycles.